The van der Waals surface area contributed by atoms with Gasteiger partial charge < -0.3 is 10.4 Å². The average Bonchev–Trinajstić information content (AvgIpc) is 2.70. The lowest BCUT2D eigenvalue weighted by Gasteiger charge is -2.12. The molecule has 0 atom stereocenters. The number of aryl methyl sites for hydroxylation is 2. The summed E-state index contributed by atoms with van der Waals surface area (Å²) >= 11 is 0. The summed E-state index contributed by atoms with van der Waals surface area (Å²) in [4.78, 5) is 12.6. The minimum absolute atomic E-state index is 0.112. The third-order valence-corrected chi connectivity index (χ3v) is 5.92. The fourth-order valence-electron chi connectivity index (χ4n) is 2.85. The summed E-state index contributed by atoms with van der Waals surface area (Å²) < 4.78 is 27.9. The van der Waals surface area contributed by atoms with Gasteiger partial charge in [-0.15, -0.1) is 0 Å². The van der Waals surface area contributed by atoms with Crippen molar-refractivity contribution in [3.8, 4) is 0 Å². The maximum atomic E-state index is 12.7. The molecule has 3 rings (SSSR count). The first-order valence-electron chi connectivity index (χ1n) is 9.00. The molecule has 3 aromatic carbocycles. The van der Waals surface area contributed by atoms with Crippen LogP contribution in [0, 0.1) is 13.8 Å². The lowest BCUT2D eigenvalue weighted by Crippen LogP contribution is -2.15. The van der Waals surface area contributed by atoms with E-state index < -0.39 is 10.0 Å². The van der Waals surface area contributed by atoms with Gasteiger partial charge in [-0.3, -0.25) is 9.52 Å². The molecule has 0 aromatic heterocycles. The molecule has 0 unspecified atom stereocenters. The van der Waals surface area contributed by atoms with Crippen LogP contribution in [0.2, 0.25) is 0 Å². The van der Waals surface area contributed by atoms with Crippen LogP contribution in [0.1, 0.15) is 27.0 Å². The Morgan fingerprint density at radius 1 is 0.931 bits per heavy atom. The zero-order chi connectivity index (χ0) is 21.0. The molecule has 1 amide bonds. The number of aliphatic hydroxyl groups is 1. The van der Waals surface area contributed by atoms with Gasteiger partial charge in [0.15, 0.2) is 0 Å². The van der Waals surface area contributed by atoms with E-state index in [9.17, 15) is 18.3 Å². The Morgan fingerprint density at radius 3 is 2.34 bits per heavy atom. The molecule has 0 fully saturated rings. The van der Waals surface area contributed by atoms with E-state index in [4.69, 9.17) is 0 Å². The van der Waals surface area contributed by atoms with Crippen molar-refractivity contribution in [3.05, 3.63) is 89.0 Å². The molecule has 0 saturated carbocycles. The molecule has 29 heavy (non-hydrogen) atoms. The zero-order valence-corrected chi connectivity index (χ0v) is 17.0. The van der Waals surface area contributed by atoms with Crippen molar-refractivity contribution >= 4 is 27.3 Å². The number of benzene rings is 3. The average molecular weight is 410 g/mol. The Morgan fingerprint density at radius 2 is 1.66 bits per heavy atom. The Balaban J connectivity index is 1.74. The normalized spacial score (nSPS) is 11.1. The van der Waals surface area contributed by atoms with Crippen molar-refractivity contribution in [1.82, 2.24) is 0 Å². The van der Waals surface area contributed by atoms with Crippen molar-refractivity contribution in [2.45, 2.75) is 25.3 Å². The van der Waals surface area contributed by atoms with Crippen molar-refractivity contribution in [2.75, 3.05) is 10.0 Å². The monoisotopic (exact) mass is 410 g/mol. The highest BCUT2D eigenvalue weighted by atomic mass is 32.2. The number of nitrogens with one attached hydrogen (secondary N) is 2. The van der Waals surface area contributed by atoms with E-state index in [0.29, 0.717) is 28.1 Å². The van der Waals surface area contributed by atoms with E-state index in [1.54, 1.807) is 67.6 Å². The SMILES string of the molecule is Cc1ccc(C)c(S(=O)(=O)Nc2ccc(C(=O)Nc3cccc(CO)c3)cc2)c1. The van der Waals surface area contributed by atoms with Crippen LogP contribution in [0.3, 0.4) is 0 Å². The molecule has 0 aliphatic rings. The summed E-state index contributed by atoms with van der Waals surface area (Å²) in [5.74, 6) is -0.330. The topological polar surface area (TPSA) is 95.5 Å². The molecule has 0 saturated heterocycles. The molecule has 7 heteroatoms. The molecule has 0 heterocycles. The van der Waals surface area contributed by atoms with Gasteiger partial charge in [-0.1, -0.05) is 24.3 Å². The largest absolute Gasteiger partial charge is 0.392 e. The van der Waals surface area contributed by atoms with Crippen LogP contribution >= 0.6 is 0 Å². The standard InChI is InChI=1S/C22H22N2O4S/c1-15-6-7-16(2)21(12-15)29(27,28)24-19-10-8-18(9-11-19)22(26)23-20-5-3-4-17(13-20)14-25/h3-13,24-25H,14H2,1-2H3,(H,23,26). The van der Waals surface area contributed by atoms with E-state index in [-0.39, 0.29) is 17.4 Å². The molecule has 150 valence electrons. The number of carbonyl (C=O) groups is 1. The van der Waals surface area contributed by atoms with Gasteiger partial charge in [0.25, 0.3) is 15.9 Å². The molecule has 0 radical (unpaired) electrons. The van der Waals surface area contributed by atoms with Gasteiger partial charge in [0.1, 0.15) is 0 Å². The third kappa shape index (κ3) is 5.01. The van der Waals surface area contributed by atoms with Crippen LogP contribution in [-0.4, -0.2) is 19.4 Å². The molecule has 0 spiro atoms. The molecule has 3 N–H and O–H groups in total. The smallest absolute Gasteiger partial charge is 0.262 e. The van der Waals surface area contributed by atoms with E-state index in [2.05, 4.69) is 10.0 Å². The van der Waals surface area contributed by atoms with Gasteiger partial charge in [0.05, 0.1) is 11.5 Å². The summed E-state index contributed by atoms with van der Waals surface area (Å²) in [6.45, 7) is 3.47. The molecule has 3 aromatic rings. The first-order chi connectivity index (χ1) is 13.8. The number of sulfonamides is 1. The van der Waals surface area contributed by atoms with Gasteiger partial charge in [-0.25, -0.2) is 8.42 Å². The van der Waals surface area contributed by atoms with Gasteiger partial charge in [0.2, 0.25) is 0 Å². The minimum atomic E-state index is -3.73. The molecule has 0 aliphatic carbocycles. The second-order valence-electron chi connectivity index (χ2n) is 6.76. The van der Waals surface area contributed by atoms with E-state index in [0.717, 1.165) is 5.56 Å². The quantitative estimate of drug-likeness (QED) is 0.575. The fraction of sp³-hybridized carbons (Fsp3) is 0.136. The van der Waals surface area contributed by atoms with Gasteiger partial charge in [-0.05, 0) is 73.0 Å². The highest BCUT2D eigenvalue weighted by molar-refractivity contribution is 7.92. The highest BCUT2D eigenvalue weighted by Gasteiger charge is 2.17. The summed E-state index contributed by atoms with van der Waals surface area (Å²) in [7, 11) is -3.73. The Hall–Kier alpha value is -3.16. The third-order valence-electron chi connectivity index (χ3n) is 4.40. The van der Waals surface area contributed by atoms with Crippen LogP contribution in [0.4, 0.5) is 11.4 Å². The Labute approximate surface area is 170 Å². The van der Waals surface area contributed by atoms with Gasteiger partial charge in [0, 0.05) is 16.9 Å². The number of amides is 1. The Kier molecular flexibility index (Phi) is 6.00. The van der Waals surface area contributed by atoms with Crippen LogP contribution in [0.5, 0.6) is 0 Å². The fourth-order valence-corrected chi connectivity index (χ4v) is 4.24. The van der Waals surface area contributed by atoms with E-state index in [1.165, 1.54) is 0 Å². The van der Waals surface area contributed by atoms with E-state index in [1.807, 2.05) is 13.0 Å². The number of aliphatic hydroxyl groups excluding tert-OH is 1. The number of rotatable bonds is 6. The maximum absolute atomic E-state index is 12.7. The number of hydrogen-bond acceptors (Lipinski definition) is 4. The number of carbonyl (C=O) groups excluding carboxylic acids is 1. The first-order valence-corrected chi connectivity index (χ1v) is 10.5. The summed E-state index contributed by atoms with van der Waals surface area (Å²) in [5, 5.41) is 11.9. The molecule has 0 aliphatic heterocycles. The number of hydrogen-bond donors (Lipinski definition) is 3. The van der Waals surface area contributed by atoms with Crippen molar-refractivity contribution < 1.29 is 18.3 Å². The van der Waals surface area contributed by atoms with E-state index >= 15 is 0 Å². The molecular formula is C22H22N2O4S. The van der Waals surface area contributed by atoms with Crippen molar-refractivity contribution in [1.29, 1.82) is 0 Å². The van der Waals surface area contributed by atoms with Gasteiger partial charge in [-0.2, -0.15) is 0 Å². The number of anilines is 2. The van der Waals surface area contributed by atoms with Gasteiger partial charge >= 0.3 is 0 Å². The van der Waals surface area contributed by atoms with Crippen LogP contribution in [-0.2, 0) is 16.6 Å². The van der Waals surface area contributed by atoms with Crippen LogP contribution < -0.4 is 10.0 Å². The molecular weight excluding hydrogens is 388 g/mol. The predicted octanol–water partition coefficient (Wildman–Crippen LogP) is 3.85. The molecule has 6 nitrogen and oxygen atoms in total. The summed E-state index contributed by atoms with van der Waals surface area (Å²) in [6, 6.07) is 18.3. The minimum Gasteiger partial charge on any atom is -0.392 e. The van der Waals surface area contributed by atoms with Crippen molar-refractivity contribution in [2.24, 2.45) is 0 Å². The van der Waals surface area contributed by atoms with Crippen molar-refractivity contribution in [3.63, 3.8) is 0 Å². The van der Waals surface area contributed by atoms with Crippen LogP contribution in [0.25, 0.3) is 0 Å². The highest BCUT2D eigenvalue weighted by Crippen LogP contribution is 2.21. The molecule has 0 bridgehead atoms. The lowest BCUT2D eigenvalue weighted by atomic mass is 10.1. The first kappa shape index (κ1) is 20.6. The summed E-state index contributed by atoms with van der Waals surface area (Å²) in [6.07, 6.45) is 0. The Bertz CT molecular complexity index is 1140. The maximum Gasteiger partial charge on any atom is 0.262 e. The second-order valence-corrected chi connectivity index (χ2v) is 8.42. The lowest BCUT2D eigenvalue weighted by molar-refractivity contribution is 0.102. The predicted molar refractivity (Wildman–Crippen MR) is 113 cm³/mol. The van der Waals surface area contributed by atoms with Crippen LogP contribution in [0.15, 0.2) is 71.6 Å². The zero-order valence-electron chi connectivity index (χ0n) is 16.1. The second kappa shape index (κ2) is 8.46. The summed E-state index contributed by atoms with van der Waals surface area (Å²) in [5.41, 5.74) is 3.52.